The molecule has 3 aromatic rings. The summed E-state index contributed by atoms with van der Waals surface area (Å²) in [5, 5.41) is 4.18. The normalized spacial score (nSPS) is 16.5. The maximum absolute atomic E-state index is 13.9. The molecule has 224 valence electrons. The standard InChI is InChI=1S/C29H32F2N4O6S/c1-2-40-29(37)21-9-7-20(8-10-21)19-42(38,39)34-13-11-33(12-14-34)26-18-32-35(24-16-22(30)15-23(31)17-24)28(36)27(26)41-25-5-3-4-6-25/h7-10,15-18,25H,2-6,11-14,19H2,1H3. The van der Waals surface area contributed by atoms with Gasteiger partial charge in [0.25, 0.3) is 0 Å². The Morgan fingerprint density at radius 1 is 1.00 bits per heavy atom. The number of piperazine rings is 1. The van der Waals surface area contributed by atoms with Gasteiger partial charge >= 0.3 is 11.5 Å². The lowest BCUT2D eigenvalue weighted by atomic mass is 10.1. The Balaban J connectivity index is 1.33. The van der Waals surface area contributed by atoms with Crippen LogP contribution in [-0.2, 0) is 20.5 Å². The number of esters is 1. The van der Waals surface area contributed by atoms with Gasteiger partial charge in [-0.05, 0) is 62.4 Å². The Morgan fingerprint density at radius 3 is 2.26 bits per heavy atom. The van der Waals surface area contributed by atoms with Gasteiger partial charge < -0.3 is 14.4 Å². The molecule has 0 N–H and O–H groups in total. The maximum Gasteiger partial charge on any atom is 0.338 e. The minimum absolute atomic E-state index is 0.0274. The number of nitrogens with zero attached hydrogens (tertiary/aromatic N) is 4. The number of benzene rings is 2. The minimum Gasteiger partial charge on any atom is -0.483 e. The van der Waals surface area contributed by atoms with Gasteiger partial charge in [0.15, 0.2) is 0 Å². The molecule has 0 atom stereocenters. The maximum atomic E-state index is 13.9. The third kappa shape index (κ3) is 6.62. The average molecular weight is 603 g/mol. The number of ether oxygens (including phenoxy) is 2. The predicted molar refractivity (Wildman–Crippen MR) is 151 cm³/mol. The highest BCUT2D eigenvalue weighted by Gasteiger charge is 2.31. The first kappa shape index (κ1) is 29.6. The van der Waals surface area contributed by atoms with E-state index in [0.29, 0.717) is 22.9 Å². The molecule has 0 bridgehead atoms. The van der Waals surface area contributed by atoms with Gasteiger partial charge in [-0.3, -0.25) is 4.79 Å². The van der Waals surface area contributed by atoms with Gasteiger partial charge in [0.1, 0.15) is 17.3 Å². The van der Waals surface area contributed by atoms with Crippen molar-refractivity contribution in [3.05, 3.63) is 81.8 Å². The number of carbonyl (C=O) groups is 1. The molecule has 0 spiro atoms. The van der Waals surface area contributed by atoms with E-state index in [4.69, 9.17) is 9.47 Å². The van der Waals surface area contributed by atoms with Crippen LogP contribution in [0.2, 0.25) is 0 Å². The SMILES string of the molecule is CCOC(=O)c1ccc(CS(=O)(=O)N2CCN(c3cnn(-c4cc(F)cc(F)c4)c(=O)c3OC3CCCC3)CC2)cc1. The Kier molecular flexibility index (Phi) is 8.88. The van der Waals surface area contributed by atoms with Crippen LogP contribution in [0, 0.1) is 11.6 Å². The van der Waals surface area contributed by atoms with Crippen LogP contribution in [0.5, 0.6) is 5.75 Å². The fraction of sp³-hybridized carbons (Fsp3) is 0.414. The number of anilines is 1. The highest BCUT2D eigenvalue weighted by molar-refractivity contribution is 7.88. The molecule has 2 aliphatic rings. The van der Waals surface area contributed by atoms with E-state index < -0.39 is 33.2 Å². The quantitative estimate of drug-likeness (QED) is 0.342. The number of aromatic nitrogens is 2. The first-order chi connectivity index (χ1) is 20.1. The smallest absolute Gasteiger partial charge is 0.338 e. The van der Waals surface area contributed by atoms with Crippen molar-refractivity contribution in [2.24, 2.45) is 0 Å². The molecule has 0 radical (unpaired) electrons. The highest BCUT2D eigenvalue weighted by atomic mass is 32.2. The molecule has 5 rings (SSSR count). The minimum atomic E-state index is -3.67. The molecule has 1 aliphatic carbocycles. The second-order valence-corrected chi connectivity index (χ2v) is 12.3. The highest BCUT2D eigenvalue weighted by Crippen LogP contribution is 2.30. The average Bonchev–Trinajstić information content (AvgIpc) is 3.47. The number of rotatable bonds is 9. The van der Waals surface area contributed by atoms with Crippen molar-refractivity contribution < 1.29 is 31.5 Å². The van der Waals surface area contributed by atoms with E-state index in [2.05, 4.69) is 5.10 Å². The molecule has 42 heavy (non-hydrogen) atoms. The third-order valence-corrected chi connectivity index (χ3v) is 9.23. The largest absolute Gasteiger partial charge is 0.483 e. The van der Waals surface area contributed by atoms with Crippen molar-refractivity contribution in [3.8, 4) is 11.4 Å². The van der Waals surface area contributed by atoms with E-state index in [1.165, 1.54) is 10.5 Å². The number of hydrogen-bond donors (Lipinski definition) is 0. The Hall–Kier alpha value is -3.84. The van der Waals surface area contributed by atoms with Crippen LogP contribution < -0.4 is 15.2 Å². The van der Waals surface area contributed by atoms with Gasteiger partial charge in [0.2, 0.25) is 15.8 Å². The molecule has 1 saturated heterocycles. The van der Waals surface area contributed by atoms with Crippen molar-refractivity contribution >= 4 is 21.7 Å². The molecule has 2 heterocycles. The Bertz CT molecular complexity index is 1580. The van der Waals surface area contributed by atoms with Crippen molar-refractivity contribution in [1.29, 1.82) is 0 Å². The van der Waals surface area contributed by atoms with Crippen LogP contribution in [0.1, 0.15) is 48.5 Å². The summed E-state index contributed by atoms with van der Waals surface area (Å²) in [5.41, 5.74) is 0.587. The van der Waals surface area contributed by atoms with Crippen LogP contribution in [0.4, 0.5) is 14.5 Å². The summed E-state index contributed by atoms with van der Waals surface area (Å²) in [7, 11) is -3.67. The van der Waals surface area contributed by atoms with Gasteiger partial charge in [0.05, 0.1) is 35.9 Å². The molecular weight excluding hydrogens is 570 g/mol. The fourth-order valence-corrected chi connectivity index (χ4v) is 6.76. The summed E-state index contributed by atoms with van der Waals surface area (Å²) < 4.78 is 67.6. The zero-order valence-corrected chi connectivity index (χ0v) is 24.0. The van der Waals surface area contributed by atoms with Gasteiger partial charge in [-0.1, -0.05) is 12.1 Å². The molecule has 2 aromatic carbocycles. The predicted octanol–water partition coefficient (Wildman–Crippen LogP) is 3.66. The van der Waals surface area contributed by atoms with Gasteiger partial charge in [0, 0.05) is 32.2 Å². The van der Waals surface area contributed by atoms with Crippen molar-refractivity contribution in [3.63, 3.8) is 0 Å². The summed E-state index contributed by atoms with van der Waals surface area (Å²) >= 11 is 0. The van der Waals surface area contributed by atoms with Crippen LogP contribution in [0.15, 0.2) is 53.5 Å². The van der Waals surface area contributed by atoms with E-state index in [9.17, 15) is 26.8 Å². The molecular formula is C29H32F2N4O6S. The molecule has 1 aliphatic heterocycles. The zero-order chi connectivity index (χ0) is 29.9. The first-order valence-corrected chi connectivity index (χ1v) is 15.5. The lowest BCUT2D eigenvalue weighted by Gasteiger charge is -2.36. The monoisotopic (exact) mass is 602 g/mol. The Labute approximate surface area is 242 Å². The molecule has 2 fully saturated rings. The van der Waals surface area contributed by atoms with Crippen LogP contribution in [0.3, 0.4) is 0 Å². The van der Waals surface area contributed by atoms with E-state index in [1.54, 1.807) is 31.2 Å². The third-order valence-electron chi connectivity index (χ3n) is 7.38. The second kappa shape index (κ2) is 12.6. The zero-order valence-electron chi connectivity index (χ0n) is 23.2. The Morgan fingerprint density at radius 2 is 1.64 bits per heavy atom. The second-order valence-electron chi connectivity index (χ2n) is 10.3. The fourth-order valence-electron chi connectivity index (χ4n) is 5.24. The number of sulfonamides is 1. The van der Waals surface area contributed by atoms with Gasteiger partial charge in [-0.15, -0.1) is 0 Å². The van der Waals surface area contributed by atoms with Crippen LogP contribution >= 0.6 is 0 Å². The van der Waals surface area contributed by atoms with Crippen molar-refractivity contribution in [2.75, 3.05) is 37.7 Å². The summed E-state index contributed by atoms with van der Waals surface area (Å²) in [5.74, 6) is -2.35. The van der Waals surface area contributed by atoms with E-state index in [0.717, 1.165) is 42.5 Å². The van der Waals surface area contributed by atoms with Crippen LogP contribution in [0.25, 0.3) is 5.69 Å². The van der Waals surface area contributed by atoms with Gasteiger partial charge in [-0.2, -0.15) is 14.1 Å². The van der Waals surface area contributed by atoms with Crippen molar-refractivity contribution in [1.82, 2.24) is 14.1 Å². The summed E-state index contributed by atoms with van der Waals surface area (Å²) in [6.45, 7) is 2.86. The summed E-state index contributed by atoms with van der Waals surface area (Å²) in [6.07, 6.45) is 4.75. The lowest BCUT2D eigenvalue weighted by Crippen LogP contribution is -2.49. The molecule has 0 unspecified atom stereocenters. The molecule has 1 saturated carbocycles. The number of carbonyl (C=O) groups excluding carboxylic acids is 1. The first-order valence-electron chi connectivity index (χ1n) is 13.9. The molecule has 10 nitrogen and oxygen atoms in total. The lowest BCUT2D eigenvalue weighted by molar-refractivity contribution is 0.0526. The van der Waals surface area contributed by atoms with Gasteiger partial charge in [-0.25, -0.2) is 22.0 Å². The topological polar surface area (TPSA) is 111 Å². The number of halogens is 2. The summed E-state index contributed by atoms with van der Waals surface area (Å²) in [4.78, 5) is 27.3. The van der Waals surface area contributed by atoms with Crippen LogP contribution in [-0.4, -0.2) is 67.4 Å². The molecule has 13 heteroatoms. The van der Waals surface area contributed by atoms with E-state index >= 15 is 0 Å². The molecule has 0 amide bonds. The van der Waals surface area contributed by atoms with E-state index in [1.807, 2.05) is 4.90 Å². The number of hydrogen-bond acceptors (Lipinski definition) is 8. The van der Waals surface area contributed by atoms with Crippen molar-refractivity contribution in [2.45, 2.75) is 44.5 Å². The van der Waals surface area contributed by atoms with E-state index in [-0.39, 0.29) is 56.1 Å². The summed E-state index contributed by atoms with van der Waals surface area (Å²) in [6, 6.07) is 9.02. The molecule has 1 aromatic heterocycles.